The summed E-state index contributed by atoms with van der Waals surface area (Å²) in [6, 6.07) is 11.7. The molecular formula is C14H13FN2. The summed E-state index contributed by atoms with van der Waals surface area (Å²) in [5.41, 5.74) is 5.67. The first kappa shape index (κ1) is 11.4. The fraction of sp³-hybridized carbons (Fsp3) is 0.214. The van der Waals surface area contributed by atoms with Crippen LogP contribution in [0.5, 0.6) is 0 Å². The summed E-state index contributed by atoms with van der Waals surface area (Å²) < 4.78 is 13.5. The fourth-order valence-corrected chi connectivity index (χ4v) is 2.11. The molecule has 0 spiro atoms. The molecule has 0 aliphatic heterocycles. The van der Waals surface area contributed by atoms with Gasteiger partial charge in [0.05, 0.1) is 11.8 Å². The number of halogens is 1. The van der Waals surface area contributed by atoms with E-state index in [1.165, 1.54) is 6.08 Å². The predicted octanol–water partition coefficient (Wildman–Crippen LogP) is 3.01. The number of hydrogen-bond donors (Lipinski definition) is 1. The molecule has 17 heavy (non-hydrogen) atoms. The Balaban J connectivity index is 2.52. The first-order chi connectivity index (χ1) is 8.09. The number of nitrogens with zero attached hydrogens (tertiary/aromatic N) is 1. The minimum atomic E-state index is -1.03. The van der Waals surface area contributed by atoms with Gasteiger partial charge in [-0.1, -0.05) is 36.4 Å². The lowest BCUT2D eigenvalue weighted by Gasteiger charge is -2.33. The summed E-state index contributed by atoms with van der Waals surface area (Å²) in [5, 5.41) is 9.31. The molecule has 2 atom stereocenters. The zero-order valence-corrected chi connectivity index (χ0v) is 9.52. The number of allylic oxidation sites excluding steroid dienone is 4. The van der Waals surface area contributed by atoms with Crippen LogP contribution in [0.25, 0.3) is 0 Å². The van der Waals surface area contributed by atoms with E-state index in [1.54, 1.807) is 13.0 Å². The highest BCUT2D eigenvalue weighted by Gasteiger charge is 2.40. The quantitative estimate of drug-likeness (QED) is 0.803. The van der Waals surface area contributed by atoms with Crippen molar-refractivity contribution in [3.05, 3.63) is 59.6 Å². The molecule has 2 nitrogen and oxygen atoms in total. The van der Waals surface area contributed by atoms with Crippen molar-refractivity contribution in [2.75, 3.05) is 0 Å². The highest BCUT2D eigenvalue weighted by Crippen LogP contribution is 2.44. The van der Waals surface area contributed by atoms with Gasteiger partial charge in [0.1, 0.15) is 11.2 Å². The van der Waals surface area contributed by atoms with Crippen LogP contribution in [0.3, 0.4) is 0 Å². The molecule has 1 aromatic carbocycles. The summed E-state index contributed by atoms with van der Waals surface area (Å²) in [6.45, 7) is 1.67. The van der Waals surface area contributed by atoms with E-state index in [9.17, 15) is 9.65 Å². The Hall–Kier alpha value is -2.08. The number of nitrogens with two attached hydrogens (primary N) is 1. The van der Waals surface area contributed by atoms with Crippen LogP contribution in [0.15, 0.2) is 54.0 Å². The Labute approximate surface area is 99.9 Å². The number of rotatable bonds is 1. The third-order valence-corrected chi connectivity index (χ3v) is 3.26. The maximum absolute atomic E-state index is 13.5. The van der Waals surface area contributed by atoms with Crippen molar-refractivity contribution in [3.63, 3.8) is 0 Å². The molecule has 0 radical (unpaired) electrons. The Morgan fingerprint density at radius 1 is 1.35 bits per heavy atom. The van der Waals surface area contributed by atoms with Gasteiger partial charge in [0, 0.05) is 5.92 Å². The maximum Gasteiger partial charge on any atom is 0.143 e. The Morgan fingerprint density at radius 2 is 2.00 bits per heavy atom. The second-order valence-electron chi connectivity index (χ2n) is 4.32. The van der Waals surface area contributed by atoms with Crippen LogP contribution in [0.1, 0.15) is 18.4 Å². The molecule has 0 aromatic heterocycles. The van der Waals surface area contributed by atoms with Crippen molar-refractivity contribution in [1.82, 2.24) is 0 Å². The van der Waals surface area contributed by atoms with E-state index in [0.717, 1.165) is 5.56 Å². The Bertz CT molecular complexity index is 525. The van der Waals surface area contributed by atoms with Gasteiger partial charge in [-0.3, -0.25) is 0 Å². The second kappa shape index (κ2) is 4.06. The molecule has 0 saturated carbocycles. The third kappa shape index (κ3) is 1.72. The summed E-state index contributed by atoms with van der Waals surface area (Å²) in [7, 11) is 0. The lowest BCUT2D eigenvalue weighted by Crippen LogP contribution is -2.32. The molecular weight excluding hydrogens is 215 g/mol. The van der Waals surface area contributed by atoms with Gasteiger partial charge in [-0.15, -0.1) is 0 Å². The van der Waals surface area contributed by atoms with Gasteiger partial charge in [-0.05, 0) is 18.6 Å². The van der Waals surface area contributed by atoms with Crippen molar-refractivity contribution in [3.8, 4) is 6.07 Å². The standard InChI is InChI=1S/C14H13FN2/c1-14(9-16)11(7-8-12(15)13(14)17)10-5-3-2-4-6-10/h2-8,11H,17H2,1H3. The average molecular weight is 228 g/mol. The number of nitriles is 1. The van der Waals surface area contributed by atoms with Crippen LogP contribution in [-0.2, 0) is 0 Å². The number of hydrogen-bond acceptors (Lipinski definition) is 2. The zero-order chi connectivity index (χ0) is 12.5. The Morgan fingerprint density at radius 3 is 2.59 bits per heavy atom. The lowest BCUT2D eigenvalue weighted by atomic mass is 9.70. The molecule has 0 bridgehead atoms. The van der Waals surface area contributed by atoms with Crippen LogP contribution in [0.2, 0.25) is 0 Å². The van der Waals surface area contributed by atoms with E-state index in [2.05, 4.69) is 6.07 Å². The minimum Gasteiger partial charge on any atom is -0.398 e. The molecule has 2 rings (SSSR count). The highest BCUT2D eigenvalue weighted by atomic mass is 19.1. The molecule has 1 aliphatic carbocycles. The van der Waals surface area contributed by atoms with E-state index in [4.69, 9.17) is 5.73 Å². The van der Waals surface area contributed by atoms with Gasteiger partial charge in [-0.25, -0.2) is 4.39 Å². The van der Waals surface area contributed by atoms with Gasteiger partial charge in [0.15, 0.2) is 0 Å². The molecule has 0 fully saturated rings. The van der Waals surface area contributed by atoms with E-state index < -0.39 is 11.2 Å². The van der Waals surface area contributed by atoms with Crippen molar-refractivity contribution in [2.24, 2.45) is 11.1 Å². The minimum absolute atomic E-state index is 0.0105. The van der Waals surface area contributed by atoms with Crippen LogP contribution in [-0.4, -0.2) is 0 Å². The largest absolute Gasteiger partial charge is 0.398 e. The van der Waals surface area contributed by atoms with Crippen LogP contribution in [0, 0.1) is 16.7 Å². The molecule has 1 aliphatic rings. The van der Waals surface area contributed by atoms with Crippen molar-refractivity contribution in [2.45, 2.75) is 12.8 Å². The van der Waals surface area contributed by atoms with Crippen LogP contribution in [0.4, 0.5) is 4.39 Å². The van der Waals surface area contributed by atoms with Gasteiger partial charge < -0.3 is 5.73 Å². The lowest BCUT2D eigenvalue weighted by molar-refractivity contribution is 0.433. The fourth-order valence-electron chi connectivity index (χ4n) is 2.11. The molecule has 1 aromatic rings. The second-order valence-corrected chi connectivity index (χ2v) is 4.32. The van der Waals surface area contributed by atoms with Gasteiger partial charge >= 0.3 is 0 Å². The highest BCUT2D eigenvalue weighted by molar-refractivity contribution is 5.43. The van der Waals surface area contributed by atoms with E-state index >= 15 is 0 Å². The number of benzene rings is 1. The molecule has 0 saturated heterocycles. The predicted molar refractivity (Wildman–Crippen MR) is 64.4 cm³/mol. The van der Waals surface area contributed by atoms with E-state index in [0.29, 0.717) is 0 Å². The van der Waals surface area contributed by atoms with Gasteiger partial charge in [0.2, 0.25) is 0 Å². The monoisotopic (exact) mass is 228 g/mol. The Kier molecular flexibility index (Phi) is 2.72. The first-order valence-electron chi connectivity index (χ1n) is 5.39. The summed E-state index contributed by atoms with van der Waals surface area (Å²) in [5.74, 6) is -0.727. The summed E-state index contributed by atoms with van der Waals surface area (Å²) >= 11 is 0. The van der Waals surface area contributed by atoms with E-state index in [-0.39, 0.29) is 11.6 Å². The maximum atomic E-state index is 13.5. The summed E-state index contributed by atoms with van der Waals surface area (Å²) in [6.07, 6.45) is 3.04. The van der Waals surface area contributed by atoms with E-state index in [1.807, 2.05) is 30.3 Å². The van der Waals surface area contributed by atoms with Crippen molar-refractivity contribution < 1.29 is 4.39 Å². The molecule has 2 unspecified atom stereocenters. The molecule has 0 amide bonds. The molecule has 3 heteroatoms. The van der Waals surface area contributed by atoms with Gasteiger partial charge in [-0.2, -0.15) is 5.26 Å². The van der Waals surface area contributed by atoms with Crippen LogP contribution >= 0.6 is 0 Å². The van der Waals surface area contributed by atoms with Gasteiger partial charge in [0.25, 0.3) is 0 Å². The SMILES string of the molecule is CC1(C#N)C(N)=C(F)C=CC1c1ccccc1. The third-order valence-electron chi connectivity index (χ3n) is 3.26. The van der Waals surface area contributed by atoms with Crippen molar-refractivity contribution in [1.29, 1.82) is 5.26 Å². The normalized spacial score (nSPS) is 27.9. The zero-order valence-electron chi connectivity index (χ0n) is 9.52. The van der Waals surface area contributed by atoms with Crippen LogP contribution < -0.4 is 5.73 Å². The average Bonchev–Trinajstić information content (AvgIpc) is 2.37. The smallest absolute Gasteiger partial charge is 0.143 e. The first-order valence-corrected chi connectivity index (χ1v) is 5.39. The molecule has 0 heterocycles. The molecule has 2 N–H and O–H groups in total. The molecule has 86 valence electrons. The topological polar surface area (TPSA) is 49.8 Å². The summed E-state index contributed by atoms with van der Waals surface area (Å²) in [4.78, 5) is 0. The van der Waals surface area contributed by atoms with Crippen molar-refractivity contribution >= 4 is 0 Å².